The molecular formula is C21H19N3O6. The second-order valence-corrected chi connectivity index (χ2v) is 6.57. The molecule has 3 rings (SSSR count). The van der Waals surface area contributed by atoms with Crippen molar-refractivity contribution in [3.8, 4) is 0 Å². The standard InChI is InChI=1S/C21H19N3O6/c1-13(25)16-7-2-3-8-17(16)23-18(26)12-30-20(28)15-6-4-5-14(9-15)11-24-19(27)10-22-21(24)29/h2-9H,10-12H2,1H3,(H,22,29)(H,23,26). The molecule has 2 aromatic rings. The Hall–Kier alpha value is -4.01. The highest BCUT2D eigenvalue weighted by Crippen LogP contribution is 2.16. The van der Waals surface area contributed by atoms with E-state index in [2.05, 4.69) is 10.6 Å². The van der Waals surface area contributed by atoms with Crippen LogP contribution >= 0.6 is 0 Å². The number of amides is 4. The van der Waals surface area contributed by atoms with E-state index in [9.17, 15) is 24.0 Å². The van der Waals surface area contributed by atoms with Crippen molar-refractivity contribution in [2.24, 2.45) is 0 Å². The number of ether oxygens (including phenoxy) is 1. The van der Waals surface area contributed by atoms with Crippen LogP contribution in [0.25, 0.3) is 0 Å². The number of hydrogen-bond acceptors (Lipinski definition) is 6. The summed E-state index contributed by atoms with van der Waals surface area (Å²) < 4.78 is 5.03. The maximum absolute atomic E-state index is 12.3. The van der Waals surface area contributed by atoms with Gasteiger partial charge in [-0.1, -0.05) is 24.3 Å². The normalized spacial score (nSPS) is 13.0. The molecule has 0 spiro atoms. The van der Waals surface area contributed by atoms with Crippen LogP contribution in [0.1, 0.15) is 33.2 Å². The molecular weight excluding hydrogens is 390 g/mol. The van der Waals surface area contributed by atoms with Gasteiger partial charge in [-0.2, -0.15) is 0 Å². The molecule has 0 aromatic heterocycles. The first-order chi connectivity index (χ1) is 14.3. The molecule has 9 heteroatoms. The van der Waals surface area contributed by atoms with Crippen LogP contribution in [-0.2, 0) is 20.9 Å². The van der Waals surface area contributed by atoms with E-state index in [4.69, 9.17) is 4.74 Å². The third kappa shape index (κ3) is 4.88. The van der Waals surface area contributed by atoms with E-state index in [1.165, 1.54) is 19.1 Å². The van der Waals surface area contributed by atoms with E-state index in [0.717, 1.165) is 4.90 Å². The molecule has 2 aromatic carbocycles. The zero-order chi connectivity index (χ0) is 21.7. The van der Waals surface area contributed by atoms with Crippen LogP contribution in [-0.4, -0.2) is 47.6 Å². The van der Waals surface area contributed by atoms with Gasteiger partial charge in [-0.25, -0.2) is 9.59 Å². The van der Waals surface area contributed by atoms with Gasteiger partial charge in [0.2, 0.25) is 5.91 Å². The first-order valence-electron chi connectivity index (χ1n) is 9.09. The number of urea groups is 1. The molecule has 0 aliphatic carbocycles. The molecule has 0 saturated carbocycles. The zero-order valence-electron chi connectivity index (χ0n) is 16.1. The minimum absolute atomic E-state index is 0.0219. The van der Waals surface area contributed by atoms with Crippen molar-refractivity contribution in [1.82, 2.24) is 10.2 Å². The molecule has 0 radical (unpaired) electrons. The molecule has 30 heavy (non-hydrogen) atoms. The highest BCUT2D eigenvalue weighted by Gasteiger charge is 2.28. The Kier molecular flexibility index (Phi) is 6.21. The fourth-order valence-corrected chi connectivity index (χ4v) is 2.89. The molecule has 4 amide bonds. The summed E-state index contributed by atoms with van der Waals surface area (Å²) in [4.78, 5) is 60.4. The molecule has 0 unspecified atom stereocenters. The molecule has 9 nitrogen and oxygen atoms in total. The lowest BCUT2D eigenvalue weighted by Crippen LogP contribution is -2.30. The number of Topliss-reactive ketones (excluding diaryl/α,β-unsaturated/α-hetero) is 1. The van der Waals surface area contributed by atoms with E-state index in [0.29, 0.717) is 16.8 Å². The summed E-state index contributed by atoms with van der Waals surface area (Å²) in [6.45, 7) is 0.816. The number of carbonyl (C=O) groups is 5. The van der Waals surface area contributed by atoms with Crippen LogP contribution in [0.5, 0.6) is 0 Å². The topological polar surface area (TPSA) is 122 Å². The third-order valence-electron chi connectivity index (χ3n) is 4.36. The van der Waals surface area contributed by atoms with Crippen molar-refractivity contribution in [1.29, 1.82) is 0 Å². The van der Waals surface area contributed by atoms with Crippen LogP contribution in [0.3, 0.4) is 0 Å². The second-order valence-electron chi connectivity index (χ2n) is 6.57. The monoisotopic (exact) mass is 409 g/mol. The highest BCUT2D eigenvalue weighted by atomic mass is 16.5. The van der Waals surface area contributed by atoms with Gasteiger partial charge >= 0.3 is 12.0 Å². The lowest BCUT2D eigenvalue weighted by molar-refractivity contribution is -0.125. The largest absolute Gasteiger partial charge is 0.452 e. The molecule has 1 aliphatic rings. The Morgan fingerprint density at radius 1 is 1.10 bits per heavy atom. The average molecular weight is 409 g/mol. The number of benzene rings is 2. The molecule has 0 atom stereocenters. The number of anilines is 1. The minimum atomic E-state index is -0.732. The number of rotatable bonds is 7. The van der Waals surface area contributed by atoms with Crippen molar-refractivity contribution >= 4 is 35.3 Å². The fraction of sp³-hybridized carbons (Fsp3) is 0.190. The maximum atomic E-state index is 12.3. The zero-order valence-corrected chi connectivity index (χ0v) is 16.1. The molecule has 2 N–H and O–H groups in total. The van der Waals surface area contributed by atoms with Crippen LogP contribution in [0.2, 0.25) is 0 Å². The number of imide groups is 1. The summed E-state index contributed by atoms with van der Waals surface area (Å²) >= 11 is 0. The second kappa shape index (κ2) is 8.99. The SMILES string of the molecule is CC(=O)c1ccccc1NC(=O)COC(=O)c1cccc(CN2C(=O)CNC2=O)c1. The van der Waals surface area contributed by atoms with Crippen molar-refractivity contribution in [3.63, 3.8) is 0 Å². The van der Waals surface area contributed by atoms with E-state index < -0.39 is 24.5 Å². The van der Waals surface area contributed by atoms with E-state index >= 15 is 0 Å². The molecule has 1 saturated heterocycles. The Labute approximate surface area is 172 Å². The number of ketones is 1. The Balaban J connectivity index is 1.59. The average Bonchev–Trinajstić information content (AvgIpc) is 3.04. The fourth-order valence-electron chi connectivity index (χ4n) is 2.89. The van der Waals surface area contributed by atoms with Crippen LogP contribution in [0.15, 0.2) is 48.5 Å². The minimum Gasteiger partial charge on any atom is -0.452 e. The van der Waals surface area contributed by atoms with E-state index in [1.807, 2.05) is 0 Å². The molecule has 0 bridgehead atoms. The van der Waals surface area contributed by atoms with Gasteiger partial charge in [-0.3, -0.25) is 19.3 Å². The summed E-state index contributed by atoms with van der Waals surface area (Å²) in [5.74, 6) is -1.88. The predicted octanol–water partition coefficient (Wildman–Crippen LogP) is 1.74. The van der Waals surface area contributed by atoms with Gasteiger partial charge in [0.15, 0.2) is 12.4 Å². The number of para-hydroxylation sites is 1. The van der Waals surface area contributed by atoms with Crippen molar-refractivity contribution < 1.29 is 28.7 Å². The number of nitrogens with one attached hydrogen (secondary N) is 2. The lowest BCUT2D eigenvalue weighted by Gasteiger charge is -2.13. The molecule has 1 fully saturated rings. The number of nitrogens with zero attached hydrogens (tertiary/aromatic N) is 1. The Morgan fingerprint density at radius 3 is 2.57 bits per heavy atom. The molecule has 1 aliphatic heterocycles. The number of carbonyl (C=O) groups excluding carboxylic acids is 5. The van der Waals surface area contributed by atoms with E-state index in [-0.39, 0.29) is 30.3 Å². The first kappa shape index (κ1) is 20.7. The summed E-state index contributed by atoms with van der Waals surface area (Å²) in [5, 5.41) is 4.96. The first-order valence-corrected chi connectivity index (χ1v) is 9.09. The van der Waals surface area contributed by atoms with Crippen molar-refractivity contribution in [2.45, 2.75) is 13.5 Å². The Bertz CT molecular complexity index is 1020. The lowest BCUT2D eigenvalue weighted by atomic mass is 10.1. The third-order valence-corrected chi connectivity index (χ3v) is 4.36. The summed E-state index contributed by atoms with van der Waals surface area (Å²) in [5.41, 5.74) is 1.43. The van der Waals surface area contributed by atoms with Gasteiger partial charge in [0, 0.05) is 5.56 Å². The van der Waals surface area contributed by atoms with Gasteiger partial charge in [0.1, 0.15) is 0 Å². The molecule has 154 valence electrons. The van der Waals surface area contributed by atoms with Crippen LogP contribution in [0, 0.1) is 0 Å². The van der Waals surface area contributed by atoms with E-state index in [1.54, 1.807) is 36.4 Å². The summed E-state index contributed by atoms with van der Waals surface area (Å²) in [6, 6.07) is 12.3. The molecule has 1 heterocycles. The van der Waals surface area contributed by atoms with Crippen molar-refractivity contribution in [3.05, 3.63) is 65.2 Å². The van der Waals surface area contributed by atoms with Crippen LogP contribution < -0.4 is 10.6 Å². The Morgan fingerprint density at radius 2 is 1.87 bits per heavy atom. The smallest absolute Gasteiger partial charge is 0.338 e. The highest BCUT2D eigenvalue weighted by molar-refractivity contribution is 6.04. The number of esters is 1. The van der Waals surface area contributed by atoms with Crippen molar-refractivity contribution in [2.75, 3.05) is 18.5 Å². The maximum Gasteiger partial charge on any atom is 0.338 e. The quantitative estimate of drug-likeness (QED) is 0.408. The van der Waals surface area contributed by atoms with Crippen LogP contribution in [0.4, 0.5) is 10.5 Å². The summed E-state index contributed by atoms with van der Waals surface area (Å²) in [6.07, 6.45) is 0. The summed E-state index contributed by atoms with van der Waals surface area (Å²) in [7, 11) is 0. The van der Waals surface area contributed by atoms with Gasteiger partial charge in [-0.05, 0) is 36.8 Å². The number of hydrogen-bond donors (Lipinski definition) is 2. The van der Waals surface area contributed by atoms with Gasteiger partial charge in [-0.15, -0.1) is 0 Å². The van der Waals surface area contributed by atoms with Gasteiger partial charge in [0.25, 0.3) is 5.91 Å². The van der Waals surface area contributed by atoms with Gasteiger partial charge in [0.05, 0.1) is 24.3 Å². The predicted molar refractivity (Wildman–Crippen MR) is 106 cm³/mol. The van der Waals surface area contributed by atoms with Gasteiger partial charge < -0.3 is 15.4 Å².